The lowest BCUT2D eigenvalue weighted by atomic mass is 10.0. The maximum Gasteiger partial charge on any atom is 0.445 e. The molecule has 0 bridgehead atoms. The van der Waals surface area contributed by atoms with Gasteiger partial charge in [0.15, 0.2) is 0 Å². The van der Waals surface area contributed by atoms with Gasteiger partial charge >= 0.3 is 6.18 Å². The van der Waals surface area contributed by atoms with Crippen LogP contribution in [0.1, 0.15) is 33.4 Å². The van der Waals surface area contributed by atoms with E-state index in [1.54, 1.807) is 54.6 Å². The molecule has 6 nitrogen and oxygen atoms in total. The standard InChI is InChI=1S/C19H14ClF3N4O2S/c20-13-9-5-4-8-12(13)16(29)24-14(11-6-2-1-3-7-11)10-15(28)25-18-27-26-17(30-18)19(21,22)23/h1-9,14H,10H2,(H,24,29)(H,25,27,28). The molecule has 0 saturated carbocycles. The van der Waals surface area contributed by atoms with Crippen molar-refractivity contribution in [1.29, 1.82) is 0 Å². The Labute approximate surface area is 178 Å². The number of anilines is 1. The maximum absolute atomic E-state index is 12.6. The number of benzene rings is 2. The van der Waals surface area contributed by atoms with Crippen molar-refractivity contribution in [2.24, 2.45) is 0 Å². The number of carbonyl (C=O) groups excluding carboxylic acids is 2. The topological polar surface area (TPSA) is 84.0 Å². The molecule has 0 spiro atoms. The number of hydrogen-bond donors (Lipinski definition) is 2. The molecule has 30 heavy (non-hydrogen) atoms. The van der Waals surface area contributed by atoms with Gasteiger partial charge in [0.1, 0.15) is 0 Å². The Morgan fingerprint density at radius 1 is 1.03 bits per heavy atom. The Bertz CT molecular complexity index is 1040. The molecular weight excluding hydrogens is 441 g/mol. The van der Waals surface area contributed by atoms with Crippen molar-refractivity contribution in [3.8, 4) is 0 Å². The zero-order valence-electron chi connectivity index (χ0n) is 15.1. The van der Waals surface area contributed by atoms with E-state index in [9.17, 15) is 22.8 Å². The van der Waals surface area contributed by atoms with Gasteiger partial charge in [0.25, 0.3) is 5.91 Å². The summed E-state index contributed by atoms with van der Waals surface area (Å²) >= 11 is 6.27. The molecule has 2 aromatic carbocycles. The summed E-state index contributed by atoms with van der Waals surface area (Å²) in [7, 11) is 0. The molecule has 1 aromatic heterocycles. The Morgan fingerprint density at radius 2 is 1.70 bits per heavy atom. The fourth-order valence-electron chi connectivity index (χ4n) is 2.56. The lowest BCUT2D eigenvalue weighted by molar-refractivity contribution is -0.138. The number of nitrogens with zero attached hydrogens (tertiary/aromatic N) is 2. The van der Waals surface area contributed by atoms with Crippen LogP contribution in [0.5, 0.6) is 0 Å². The molecule has 0 aliphatic carbocycles. The third kappa shape index (κ3) is 5.55. The van der Waals surface area contributed by atoms with Crippen LogP contribution < -0.4 is 10.6 Å². The van der Waals surface area contributed by atoms with E-state index in [0.29, 0.717) is 5.56 Å². The van der Waals surface area contributed by atoms with Crippen LogP contribution in [0.2, 0.25) is 5.02 Å². The number of hydrogen-bond acceptors (Lipinski definition) is 5. The Morgan fingerprint density at radius 3 is 2.33 bits per heavy atom. The Hall–Kier alpha value is -2.98. The van der Waals surface area contributed by atoms with Crippen LogP contribution in [0.4, 0.5) is 18.3 Å². The smallest absolute Gasteiger partial charge is 0.345 e. The van der Waals surface area contributed by atoms with Gasteiger partial charge in [-0.1, -0.05) is 65.4 Å². The fraction of sp³-hybridized carbons (Fsp3) is 0.158. The average molecular weight is 455 g/mol. The van der Waals surface area contributed by atoms with Gasteiger partial charge in [-0.25, -0.2) is 0 Å². The van der Waals surface area contributed by atoms with Gasteiger partial charge < -0.3 is 10.6 Å². The fourth-order valence-corrected chi connectivity index (χ4v) is 3.41. The summed E-state index contributed by atoms with van der Waals surface area (Å²) in [5, 5.41) is 10.2. The molecule has 0 saturated heterocycles. The third-order valence-corrected chi connectivity index (χ3v) is 5.14. The highest BCUT2D eigenvalue weighted by molar-refractivity contribution is 7.15. The third-order valence-electron chi connectivity index (χ3n) is 3.93. The van der Waals surface area contributed by atoms with E-state index in [1.165, 1.54) is 0 Å². The van der Waals surface area contributed by atoms with E-state index in [0.717, 1.165) is 0 Å². The van der Waals surface area contributed by atoms with Crippen LogP contribution in [-0.2, 0) is 11.0 Å². The molecule has 1 unspecified atom stereocenters. The first kappa shape index (κ1) is 21.7. The zero-order chi connectivity index (χ0) is 21.7. The van der Waals surface area contributed by atoms with E-state index in [2.05, 4.69) is 20.8 Å². The molecule has 1 heterocycles. The van der Waals surface area contributed by atoms with Crippen molar-refractivity contribution >= 4 is 39.9 Å². The van der Waals surface area contributed by atoms with Gasteiger partial charge in [-0.2, -0.15) is 13.2 Å². The average Bonchev–Trinajstić information content (AvgIpc) is 3.17. The van der Waals surface area contributed by atoms with Crippen LogP contribution in [0.25, 0.3) is 0 Å². The summed E-state index contributed by atoms with van der Waals surface area (Å²) in [5.74, 6) is -1.12. The summed E-state index contributed by atoms with van der Waals surface area (Å²) in [6.07, 6.45) is -4.88. The zero-order valence-corrected chi connectivity index (χ0v) is 16.7. The number of halogens is 4. The quantitative estimate of drug-likeness (QED) is 0.565. The van der Waals surface area contributed by atoms with Crippen molar-refractivity contribution < 1.29 is 22.8 Å². The minimum absolute atomic E-state index is 0.220. The number of alkyl halides is 3. The van der Waals surface area contributed by atoms with Gasteiger partial charge in [-0.15, -0.1) is 10.2 Å². The lowest BCUT2D eigenvalue weighted by Gasteiger charge is -2.19. The summed E-state index contributed by atoms with van der Waals surface area (Å²) < 4.78 is 37.9. The summed E-state index contributed by atoms with van der Waals surface area (Å²) in [6.45, 7) is 0. The Balaban J connectivity index is 1.74. The van der Waals surface area contributed by atoms with Gasteiger partial charge in [0.05, 0.1) is 23.0 Å². The molecule has 0 fully saturated rings. The second-order valence-corrected chi connectivity index (χ2v) is 7.46. The molecule has 11 heteroatoms. The van der Waals surface area contributed by atoms with Crippen molar-refractivity contribution in [2.45, 2.75) is 18.6 Å². The van der Waals surface area contributed by atoms with Crippen LogP contribution in [0.3, 0.4) is 0 Å². The first-order valence-corrected chi connectivity index (χ1v) is 9.74. The summed E-state index contributed by atoms with van der Waals surface area (Å²) in [5.41, 5.74) is 0.876. The summed E-state index contributed by atoms with van der Waals surface area (Å²) in [4.78, 5) is 25.0. The molecule has 0 aliphatic rings. The van der Waals surface area contributed by atoms with Gasteiger partial charge in [0, 0.05) is 0 Å². The minimum Gasteiger partial charge on any atom is -0.345 e. The molecule has 3 rings (SSSR count). The van der Waals surface area contributed by atoms with Gasteiger partial charge in [-0.3, -0.25) is 9.59 Å². The predicted octanol–water partition coefficient (Wildman–Crippen LogP) is 4.71. The number of carbonyl (C=O) groups is 2. The number of aromatic nitrogens is 2. The van der Waals surface area contributed by atoms with Crippen LogP contribution in [0, 0.1) is 0 Å². The summed E-state index contributed by atoms with van der Waals surface area (Å²) in [6, 6.07) is 14.4. The van der Waals surface area contributed by atoms with E-state index in [1.807, 2.05) is 0 Å². The first-order chi connectivity index (χ1) is 14.2. The monoisotopic (exact) mass is 454 g/mol. The van der Waals surface area contributed by atoms with Crippen molar-refractivity contribution in [1.82, 2.24) is 15.5 Å². The highest BCUT2D eigenvalue weighted by Crippen LogP contribution is 2.33. The Kier molecular flexibility index (Phi) is 6.68. The van der Waals surface area contributed by atoms with E-state index in [-0.39, 0.29) is 33.5 Å². The number of rotatable bonds is 6. The normalized spacial score (nSPS) is 12.3. The van der Waals surface area contributed by atoms with Gasteiger partial charge in [0.2, 0.25) is 16.0 Å². The maximum atomic E-state index is 12.6. The van der Waals surface area contributed by atoms with Crippen molar-refractivity contribution in [3.63, 3.8) is 0 Å². The van der Waals surface area contributed by atoms with Crippen LogP contribution in [0.15, 0.2) is 54.6 Å². The highest BCUT2D eigenvalue weighted by Gasteiger charge is 2.36. The molecule has 0 aliphatic heterocycles. The van der Waals surface area contributed by atoms with Crippen LogP contribution in [-0.4, -0.2) is 22.0 Å². The molecule has 2 N–H and O–H groups in total. The minimum atomic E-state index is -4.64. The number of amides is 2. The molecule has 1 atom stereocenters. The predicted molar refractivity (Wildman–Crippen MR) is 106 cm³/mol. The van der Waals surface area contributed by atoms with E-state index < -0.39 is 29.0 Å². The molecule has 156 valence electrons. The van der Waals surface area contributed by atoms with Crippen molar-refractivity contribution in [2.75, 3.05) is 5.32 Å². The second-order valence-electron chi connectivity index (χ2n) is 6.08. The largest absolute Gasteiger partial charge is 0.445 e. The van der Waals surface area contributed by atoms with Crippen molar-refractivity contribution in [3.05, 3.63) is 75.8 Å². The molecule has 2 amide bonds. The first-order valence-electron chi connectivity index (χ1n) is 8.55. The van der Waals surface area contributed by atoms with E-state index >= 15 is 0 Å². The second kappa shape index (κ2) is 9.23. The SMILES string of the molecule is O=C(CC(NC(=O)c1ccccc1Cl)c1ccccc1)Nc1nnc(C(F)(F)F)s1. The lowest BCUT2D eigenvalue weighted by Crippen LogP contribution is -2.31. The van der Waals surface area contributed by atoms with Crippen LogP contribution >= 0.6 is 22.9 Å². The van der Waals surface area contributed by atoms with E-state index in [4.69, 9.17) is 11.6 Å². The molecule has 0 radical (unpaired) electrons. The number of nitrogens with one attached hydrogen (secondary N) is 2. The molecule has 3 aromatic rings. The highest BCUT2D eigenvalue weighted by atomic mass is 35.5. The van der Waals surface area contributed by atoms with Gasteiger partial charge in [-0.05, 0) is 17.7 Å². The molecular formula is C19H14ClF3N4O2S.